The van der Waals surface area contributed by atoms with E-state index >= 15 is 0 Å². The van der Waals surface area contributed by atoms with Gasteiger partial charge in [-0.2, -0.15) is 4.72 Å². The molecule has 1 amide bonds. The van der Waals surface area contributed by atoms with Gasteiger partial charge in [0.1, 0.15) is 16.8 Å². The van der Waals surface area contributed by atoms with Gasteiger partial charge in [0.25, 0.3) is 0 Å². The number of pyridine rings is 1. The number of hydrogen-bond acceptors (Lipinski definition) is 5. The zero-order valence-electron chi connectivity index (χ0n) is 19.1. The fourth-order valence-electron chi connectivity index (χ4n) is 4.27. The smallest absolute Gasteiger partial charge is 0.243 e. The molecule has 2 heterocycles. The largest absolute Gasteiger partial charge is 0.384 e. The third kappa shape index (κ3) is 5.26. The van der Waals surface area contributed by atoms with Crippen molar-refractivity contribution in [3.05, 3.63) is 71.9 Å². The molecule has 1 atom stereocenters. The van der Waals surface area contributed by atoms with E-state index < -0.39 is 16.1 Å². The van der Waals surface area contributed by atoms with Gasteiger partial charge in [-0.25, -0.2) is 8.42 Å². The molecule has 34 heavy (non-hydrogen) atoms. The minimum absolute atomic E-state index is 0.0353. The van der Waals surface area contributed by atoms with Gasteiger partial charge in [0.2, 0.25) is 15.9 Å². The molecule has 1 aliphatic rings. The Hall–Kier alpha value is -3.30. The number of carbonyl (C=O) groups excluding carboxylic acids is 1. The molecular weight excluding hydrogens is 450 g/mol. The summed E-state index contributed by atoms with van der Waals surface area (Å²) in [5.41, 5.74) is 7.22. The molecule has 1 saturated heterocycles. The number of likely N-dealkylation sites (tertiary alicyclic amines) is 1. The van der Waals surface area contributed by atoms with Gasteiger partial charge in [-0.05, 0) is 48.9 Å². The van der Waals surface area contributed by atoms with Gasteiger partial charge in [-0.3, -0.25) is 15.2 Å². The number of piperidine rings is 1. The van der Waals surface area contributed by atoms with E-state index in [2.05, 4.69) is 16.6 Å². The van der Waals surface area contributed by atoms with Crippen molar-refractivity contribution in [2.75, 3.05) is 13.1 Å². The molecule has 3 aromatic rings. The molecule has 0 unspecified atom stereocenters. The third-order valence-electron chi connectivity index (χ3n) is 6.25. The number of amides is 1. The topological polar surface area (TPSA) is 129 Å². The Bertz CT molecular complexity index is 1310. The van der Waals surface area contributed by atoms with Crippen LogP contribution < -0.4 is 10.5 Å². The highest BCUT2D eigenvalue weighted by Crippen LogP contribution is 2.23. The lowest BCUT2D eigenvalue weighted by molar-refractivity contribution is -0.134. The van der Waals surface area contributed by atoms with Crippen LogP contribution in [0.15, 0.2) is 65.7 Å². The number of rotatable bonds is 7. The number of amidine groups is 1. The molecular formula is C25H29N5O3S. The van der Waals surface area contributed by atoms with E-state index in [1.54, 1.807) is 59.6 Å². The maximum absolute atomic E-state index is 13.5. The third-order valence-corrected chi connectivity index (χ3v) is 7.76. The normalized spacial score (nSPS) is 15.9. The zero-order valence-corrected chi connectivity index (χ0v) is 19.9. The van der Waals surface area contributed by atoms with Crippen molar-refractivity contribution in [1.29, 1.82) is 5.41 Å². The van der Waals surface area contributed by atoms with Gasteiger partial charge >= 0.3 is 0 Å². The minimum atomic E-state index is -4.05. The number of nitrogens with two attached hydrogens (primary N) is 1. The van der Waals surface area contributed by atoms with E-state index in [4.69, 9.17) is 11.1 Å². The standard InChI is InChI=1S/C25H29N5O3S/c1-17-10-13-30(14-11-17)25(31)21(16-18-5-2-7-20(15-18)24(26)27)29-34(32,33)22-9-3-6-19-8-4-12-28-23(19)22/h2-9,12,15,17,21,29H,10-11,13-14,16H2,1H3,(H3,26,27)/t21-/m0/s1. The molecule has 0 bridgehead atoms. The first kappa shape index (κ1) is 23.8. The fraction of sp³-hybridized carbons (Fsp3) is 0.320. The van der Waals surface area contributed by atoms with E-state index in [1.807, 2.05) is 0 Å². The summed E-state index contributed by atoms with van der Waals surface area (Å²) in [4.78, 5) is 19.6. The van der Waals surface area contributed by atoms with Crippen molar-refractivity contribution in [2.45, 2.75) is 37.1 Å². The van der Waals surface area contributed by atoms with Gasteiger partial charge in [0, 0.05) is 30.2 Å². The van der Waals surface area contributed by atoms with E-state index in [0.29, 0.717) is 35.5 Å². The first-order chi connectivity index (χ1) is 16.2. The van der Waals surface area contributed by atoms with Crippen LogP contribution in [-0.4, -0.2) is 49.2 Å². The number of aromatic nitrogens is 1. The Morgan fingerprint density at radius 1 is 1.18 bits per heavy atom. The van der Waals surface area contributed by atoms with E-state index in [9.17, 15) is 13.2 Å². The summed E-state index contributed by atoms with van der Waals surface area (Å²) in [5, 5.41) is 8.40. The maximum atomic E-state index is 13.5. The van der Waals surface area contributed by atoms with Crippen molar-refractivity contribution >= 4 is 32.7 Å². The number of hydrogen-bond donors (Lipinski definition) is 3. The van der Waals surface area contributed by atoms with Crippen molar-refractivity contribution in [2.24, 2.45) is 11.7 Å². The Balaban J connectivity index is 1.67. The van der Waals surface area contributed by atoms with Gasteiger partial charge < -0.3 is 10.6 Å². The predicted octanol–water partition coefficient (Wildman–Crippen LogP) is 2.67. The number of para-hydroxylation sites is 1. The predicted molar refractivity (Wildman–Crippen MR) is 132 cm³/mol. The Labute approximate surface area is 199 Å². The van der Waals surface area contributed by atoms with E-state index in [-0.39, 0.29) is 23.1 Å². The SMILES string of the molecule is CC1CCN(C(=O)[C@H](Cc2cccc(C(=N)N)c2)NS(=O)(=O)c2cccc3cccnc23)CC1. The van der Waals surface area contributed by atoms with Crippen LogP contribution in [0.25, 0.3) is 10.9 Å². The second-order valence-electron chi connectivity index (χ2n) is 8.83. The number of sulfonamides is 1. The summed E-state index contributed by atoms with van der Waals surface area (Å²) in [5.74, 6) is 0.197. The van der Waals surface area contributed by atoms with Crippen LogP contribution >= 0.6 is 0 Å². The molecule has 178 valence electrons. The minimum Gasteiger partial charge on any atom is -0.384 e. The van der Waals surface area contributed by atoms with Crippen molar-refractivity contribution in [3.63, 3.8) is 0 Å². The molecule has 8 nitrogen and oxygen atoms in total. The first-order valence-corrected chi connectivity index (χ1v) is 12.8. The summed E-state index contributed by atoms with van der Waals surface area (Å²) in [6.45, 7) is 3.35. The zero-order chi connectivity index (χ0) is 24.3. The molecule has 1 aliphatic heterocycles. The average molecular weight is 480 g/mol. The maximum Gasteiger partial charge on any atom is 0.243 e. The molecule has 4 N–H and O–H groups in total. The highest BCUT2D eigenvalue weighted by molar-refractivity contribution is 7.89. The highest BCUT2D eigenvalue weighted by Gasteiger charge is 2.32. The monoisotopic (exact) mass is 479 g/mol. The number of carbonyl (C=O) groups is 1. The number of nitrogens with one attached hydrogen (secondary N) is 2. The number of benzene rings is 2. The summed E-state index contributed by atoms with van der Waals surface area (Å²) >= 11 is 0. The summed E-state index contributed by atoms with van der Waals surface area (Å²) < 4.78 is 29.6. The van der Waals surface area contributed by atoms with Crippen molar-refractivity contribution in [1.82, 2.24) is 14.6 Å². The summed E-state index contributed by atoms with van der Waals surface area (Å²) in [7, 11) is -4.05. The molecule has 2 aromatic carbocycles. The second kappa shape index (κ2) is 9.90. The number of nitrogens with zero attached hydrogens (tertiary/aromatic N) is 2. The van der Waals surface area contributed by atoms with Crippen molar-refractivity contribution in [3.8, 4) is 0 Å². The van der Waals surface area contributed by atoms with Gasteiger partial charge in [-0.15, -0.1) is 0 Å². The highest BCUT2D eigenvalue weighted by atomic mass is 32.2. The number of fused-ring (bicyclic) bond motifs is 1. The molecule has 0 saturated carbocycles. The van der Waals surface area contributed by atoms with E-state index in [1.165, 1.54) is 6.07 Å². The molecule has 9 heteroatoms. The van der Waals surface area contributed by atoms with Crippen LogP contribution in [0.5, 0.6) is 0 Å². The Morgan fingerprint density at radius 2 is 1.88 bits per heavy atom. The van der Waals surface area contributed by atoms with Gasteiger partial charge in [-0.1, -0.05) is 43.3 Å². The molecule has 0 spiro atoms. The summed E-state index contributed by atoms with van der Waals surface area (Å²) in [6.07, 6.45) is 3.46. The molecule has 0 radical (unpaired) electrons. The average Bonchev–Trinajstić information content (AvgIpc) is 2.83. The summed E-state index contributed by atoms with van der Waals surface area (Å²) in [6, 6.07) is 14.5. The van der Waals surface area contributed by atoms with Crippen LogP contribution in [0.4, 0.5) is 0 Å². The Kier molecular flexibility index (Phi) is 6.95. The van der Waals surface area contributed by atoms with Crippen LogP contribution in [0, 0.1) is 11.3 Å². The lowest BCUT2D eigenvalue weighted by atomic mass is 9.97. The molecule has 1 fully saturated rings. The second-order valence-corrected chi connectivity index (χ2v) is 10.5. The number of nitrogen functional groups attached to an aromatic ring is 1. The van der Waals surface area contributed by atoms with Gasteiger partial charge in [0.15, 0.2) is 0 Å². The molecule has 4 rings (SSSR count). The lowest BCUT2D eigenvalue weighted by Crippen LogP contribution is -2.51. The Morgan fingerprint density at radius 3 is 2.62 bits per heavy atom. The quantitative estimate of drug-likeness (QED) is 0.354. The lowest BCUT2D eigenvalue weighted by Gasteiger charge is -2.33. The first-order valence-electron chi connectivity index (χ1n) is 11.3. The van der Waals surface area contributed by atoms with Gasteiger partial charge in [0.05, 0.1) is 5.52 Å². The van der Waals surface area contributed by atoms with Crippen LogP contribution in [-0.2, 0) is 21.2 Å². The molecule has 0 aliphatic carbocycles. The van der Waals surface area contributed by atoms with Crippen LogP contribution in [0.3, 0.4) is 0 Å². The van der Waals surface area contributed by atoms with Crippen LogP contribution in [0.1, 0.15) is 30.9 Å². The fourth-order valence-corrected chi connectivity index (χ4v) is 5.64. The molecule has 1 aromatic heterocycles. The van der Waals surface area contributed by atoms with Crippen LogP contribution in [0.2, 0.25) is 0 Å². The van der Waals surface area contributed by atoms with E-state index in [0.717, 1.165) is 18.4 Å². The van der Waals surface area contributed by atoms with Crippen molar-refractivity contribution < 1.29 is 13.2 Å².